The number of pyridine rings is 1. The van der Waals surface area contributed by atoms with E-state index in [4.69, 9.17) is 0 Å². The first-order valence-corrected chi connectivity index (χ1v) is 12.0. The summed E-state index contributed by atoms with van der Waals surface area (Å²) >= 11 is 1.32. The number of anilines is 1. The molecule has 0 bridgehead atoms. The van der Waals surface area contributed by atoms with Crippen molar-refractivity contribution in [3.05, 3.63) is 59.7 Å². The van der Waals surface area contributed by atoms with Crippen molar-refractivity contribution < 1.29 is 13.2 Å². The maximum atomic E-state index is 12.8. The Labute approximate surface area is 180 Å². The Bertz CT molecular complexity index is 1080. The first-order chi connectivity index (χ1) is 14.5. The smallest absolute Gasteiger partial charge is 0.257 e. The van der Waals surface area contributed by atoms with Gasteiger partial charge >= 0.3 is 0 Å². The van der Waals surface area contributed by atoms with Crippen molar-refractivity contribution >= 4 is 32.4 Å². The molecule has 0 fully saturated rings. The van der Waals surface area contributed by atoms with E-state index in [1.807, 2.05) is 31.4 Å². The van der Waals surface area contributed by atoms with Crippen molar-refractivity contribution in [2.24, 2.45) is 0 Å². The van der Waals surface area contributed by atoms with Gasteiger partial charge in [-0.05, 0) is 42.8 Å². The molecule has 0 aliphatic carbocycles. The Balaban J connectivity index is 1.70. The Kier molecular flexibility index (Phi) is 7.30. The number of benzene rings is 1. The molecule has 0 unspecified atom stereocenters. The molecular formula is C21H24N4O3S2. The van der Waals surface area contributed by atoms with Gasteiger partial charge in [-0.2, -0.15) is 4.31 Å². The van der Waals surface area contributed by atoms with E-state index >= 15 is 0 Å². The van der Waals surface area contributed by atoms with E-state index in [0.29, 0.717) is 23.8 Å². The molecule has 3 rings (SSSR count). The van der Waals surface area contributed by atoms with Crippen LogP contribution in [0.15, 0.2) is 59.1 Å². The minimum absolute atomic E-state index is 0.186. The van der Waals surface area contributed by atoms with Crippen LogP contribution in [0.5, 0.6) is 0 Å². The fraction of sp³-hybridized carbons (Fsp3) is 0.286. The van der Waals surface area contributed by atoms with Gasteiger partial charge in [0.2, 0.25) is 10.0 Å². The summed E-state index contributed by atoms with van der Waals surface area (Å²) in [7, 11) is -3.57. The van der Waals surface area contributed by atoms with E-state index in [1.54, 1.807) is 12.4 Å². The van der Waals surface area contributed by atoms with E-state index in [1.165, 1.54) is 39.9 Å². The number of nitrogens with zero attached hydrogens (tertiary/aromatic N) is 3. The monoisotopic (exact) mass is 444 g/mol. The van der Waals surface area contributed by atoms with Crippen LogP contribution in [0, 0.1) is 0 Å². The van der Waals surface area contributed by atoms with Crippen LogP contribution in [0.1, 0.15) is 37.0 Å². The summed E-state index contributed by atoms with van der Waals surface area (Å²) < 4.78 is 27.0. The molecule has 30 heavy (non-hydrogen) atoms. The average molecular weight is 445 g/mol. The zero-order chi connectivity index (χ0) is 21.6. The molecule has 0 aliphatic rings. The summed E-state index contributed by atoms with van der Waals surface area (Å²) in [6.07, 6.45) is 5.10. The summed E-state index contributed by atoms with van der Waals surface area (Å²) in [5.41, 5.74) is 2.04. The molecule has 0 aliphatic heterocycles. The van der Waals surface area contributed by atoms with Gasteiger partial charge in [-0.25, -0.2) is 13.4 Å². The lowest BCUT2D eigenvalue weighted by Gasteiger charge is -2.20. The van der Waals surface area contributed by atoms with Crippen LogP contribution < -0.4 is 5.32 Å². The SMILES string of the molecule is CCCCN(CC)S(=O)(=O)c1ccc(C(=O)Nc2nc(-c3ccncc3)cs2)cc1. The van der Waals surface area contributed by atoms with Gasteiger partial charge in [0.15, 0.2) is 5.13 Å². The molecule has 9 heteroatoms. The van der Waals surface area contributed by atoms with E-state index in [9.17, 15) is 13.2 Å². The molecule has 1 N–H and O–H groups in total. The molecule has 0 radical (unpaired) electrons. The molecule has 0 atom stereocenters. The highest BCUT2D eigenvalue weighted by Gasteiger charge is 2.22. The third kappa shape index (κ3) is 5.10. The Hall–Kier alpha value is -2.62. The predicted octanol–water partition coefficient (Wildman–Crippen LogP) is 4.27. The maximum absolute atomic E-state index is 12.8. The number of carbonyl (C=O) groups is 1. The Morgan fingerprint density at radius 1 is 1.10 bits per heavy atom. The number of thiazole rings is 1. The second kappa shape index (κ2) is 9.92. The highest BCUT2D eigenvalue weighted by molar-refractivity contribution is 7.89. The summed E-state index contributed by atoms with van der Waals surface area (Å²) in [6.45, 7) is 4.75. The molecule has 0 spiro atoms. The molecular weight excluding hydrogens is 420 g/mol. The van der Waals surface area contributed by atoms with Gasteiger partial charge in [0, 0.05) is 42.0 Å². The number of unbranched alkanes of at least 4 members (excludes halogenated alkanes) is 1. The van der Waals surface area contributed by atoms with Crippen molar-refractivity contribution in [1.29, 1.82) is 0 Å². The zero-order valence-electron chi connectivity index (χ0n) is 16.9. The number of amides is 1. The molecule has 2 heterocycles. The normalized spacial score (nSPS) is 11.6. The number of nitrogens with one attached hydrogen (secondary N) is 1. The van der Waals surface area contributed by atoms with Gasteiger partial charge in [0.1, 0.15) is 0 Å². The third-order valence-corrected chi connectivity index (χ3v) is 7.32. The van der Waals surface area contributed by atoms with E-state index in [-0.39, 0.29) is 10.8 Å². The molecule has 158 valence electrons. The van der Waals surface area contributed by atoms with Gasteiger partial charge in [-0.1, -0.05) is 20.3 Å². The van der Waals surface area contributed by atoms with Crippen LogP contribution >= 0.6 is 11.3 Å². The van der Waals surface area contributed by atoms with Crippen molar-refractivity contribution in [3.63, 3.8) is 0 Å². The van der Waals surface area contributed by atoms with E-state index < -0.39 is 10.0 Å². The molecule has 0 saturated heterocycles. The molecule has 1 amide bonds. The lowest BCUT2D eigenvalue weighted by atomic mass is 10.2. The van der Waals surface area contributed by atoms with Gasteiger partial charge in [-0.15, -0.1) is 11.3 Å². The number of rotatable bonds is 9. The lowest BCUT2D eigenvalue weighted by Crippen LogP contribution is -2.31. The number of hydrogen-bond acceptors (Lipinski definition) is 6. The van der Waals surface area contributed by atoms with Gasteiger partial charge < -0.3 is 0 Å². The topological polar surface area (TPSA) is 92.3 Å². The van der Waals surface area contributed by atoms with Gasteiger partial charge in [0.25, 0.3) is 5.91 Å². The van der Waals surface area contributed by atoms with Crippen LogP contribution in [0.2, 0.25) is 0 Å². The van der Waals surface area contributed by atoms with Crippen LogP contribution in [-0.4, -0.2) is 41.7 Å². The summed E-state index contributed by atoms with van der Waals surface area (Å²) in [5.74, 6) is -0.340. The fourth-order valence-corrected chi connectivity index (χ4v) is 5.07. The predicted molar refractivity (Wildman–Crippen MR) is 119 cm³/mol. The Morgan fingerprint density at radius 3 is 2.43 bits per heavy atom. The summed E-state index contributed by atoms with van der Waals surface area (Å²) in [6, 6.07) is 9.69. The lowest BCUT2D eigenvalue weighted by molar-refractivity contribution is 0.102. The zero-order valence-corrected chi connectivity index (χ0v) is 18.5. The van der Waals surface area contributed by atoms with E-state index in [0.717, 1.165) is 24.1 Å². The second-order valence-electron chi connectivity index (χ2n) is 6.60. The number of aromatic nitrogens is 2. The summed E-state index contributed by atoms with van der Waals surface area (Å²) in [4.78, 5) is 21.1. The minimum Gasteiger partial charge on any atom is -0.298 e. The van der Waals surface area contributed by atoms with Crippen molar-refractivity contribution in [1.82, 2.24) is 14.3 Å². The number of carbonyl (C=O) groups excluding carboxylic acids is 1. The second-order valence-corrected chi connectivity index (χ2v) is 9.40. The molecule has 3 aromatic rings. The van der Waals surface area contributed by atoms with Crippen molar-refractivity contribution in [2.75, 3.05) is 18.4 Å². The van der Waals surface area contributed by atoms with Crippen LogP contribution in [-0.2, 0) is 10.0 Å². The first kappa shape index (κ1) is 22.1. The van der Waals surface area contributed by atoms with Crippen molar-refractivity contribution in [3.8, 4) is 11.3 Å². The van der Waals surface area contributed by atoms with Crippen LogP contribution in [0.4, 0.5) is 5.13 Å². The molecule has 7 nitrogen and oxygen atoms in total. The highest BCUT2D eigenvalue weighted by Crippen LogP contribution is 2.25. The largest absolute Gasteiger partial charge is 0.298 e. The maximum Gasteiger partial charge on any atom is 0.257 e. The van der Waals surface area contributed by atoms with Gasteiger partial charge in [0.05, 0.1) is 10.6 Å². The molecule has 0 saturated carbocycles. The highest BCUT2D eigenvalue weighted by atomic mass is 32.2. The fourth-order valence-electron chi connectivity index (χ4n) is 2.87. The quantitative estimate of drug-likeness (QED) is 0.532. The average Bonchev–Trinajstić information content (AvgIpc) is 3.23. The molecule has 1 aromatic carbocycles. The van der Waals surface area contributed by atoms with E-state index in [2.05, 4.69) is 15.3 Å². The summed E-state index contributed by atoms with van der Waals surface area (Å²) in [5, 5.41) is 5.09. The number of sulfonamides is 1. The molecule has 2 aromatic heterocycles. The third-order valence-electron chi connectivity index (χ3n) is 4.57. The number of hydrogen-bond donors (Lipinski definition) is 1. The van der Waals surface area contributed by atoms with Crippen LogP contribution in [0.3, 0.4) is 0 Å². The first-order valence-electron chi connectivity index (χ1n) is 9.73. The van der Waals surface area contributed by atoms with Crippen LogP contribution in [0.25, 0.3) is 11.3 Å². The standard InChI is InChI=1S/C21H24N4O3S2/c1-3-5-14-25(4-2)30(27,28)18-8-6-17(7-9-18)20(26)24-21-23-19(15-29-21)16-10-12-22-13-11-16/h6-13,15H,3-5,14H2,1-2H3,(H,23,24,26). The van der Waals surface area contributed by atoms with Gasteiger partial charge in [-0.3, -0.25) is 15.1 Å². The van der Waals surface area contributed by atoms with Crippen molar-refractivity contribution in [2.45, 2.75) is 31.6 Å². The Morgan fingerprint density at radius 2 is 1.80 bits per heavy atom. The minimum atomic E-state index is -3.57.